The van der Waals surface area contributed by atoms with Crippen LogP contribution in [-0.4, -0.2) is 88.9 Å². The Morgan fingerprint density at radius 3 is 2.63 bits per heavy atom. The molecule has 30 heavy (non-hydrogen) atoms. The van der Waals surface area contributed by atoms with E-state index in [4.69, 9.17) is 9.47 Å². The number of rotatable bonds is 4. The number of likely N-dealkylation sites (N-methyl/N-ethyl adjacent to an activating group) is 1. The van der Waals surface area contributed by atoms with Gasteiger partial charge in [0.05, 0.1) is 31.7 Å². The van der Waals surface area contributed by atoms with Crippen molar-refractivity contribution in [2.24, 2.45) is 5.92 Å². The van der Waals surface area contributed by atoms with Crippen LogP contribution in [0, 0.1) is 5.92 Å². The van der Waals surface area contributed by atoms with E-state index in [9.17, 15) is 19.5 Å². The predicted molar refractivity (Wildman–Crippen MR) is 109 cm³/mol. The number of carbonyl (C=O) groups is 3. The Labute approximate surface area is 179 Å². The van der Waals surface area contributed by atoms with E-state index in [1.54, 1.807) is 0 Å². The van der Waals surface area contributed by atoms with Gasteiger partial charge in [0.15, 0.2) is 11.5 Å². The third-order valence-corrected chi connectivity index (χ3v) is 8.25. The van der Waals surface area contributed by atoms with Gasteiger partial charge in [-0.15, -0.1) is 11.8 Å². The molecule has 4 aliphatic heterocycles. The molecule has 9 heteroatoms. The minimum atomic E-state index is -0.810. The summed E-state index contributed by atoms with van der Waals surface area (Å²) >= 11 is 1.35. The number of ether oxygens (including phenoxy) is 2. The van der Waals surface area contributed by atoms with Crippen LogP contribution in [0.4, 0.5) is 0 Å². The minimum Gasteiger partial charge on any atom is -0.491 e. The van der Waals surface area contributed by atoms with E-state index in [1.165, 1.54) is 18.9 Å². The van der Waals surface area contributed by atoms with Gasteiger partial charge in [-0.3, -0.25) is 24.2 Å². The van der Waals surface area contributed by atoms with Gasteiger partial charge >= 0.3 is 5.97 Å². The van der Waals surface area contributed by atoms with E-state index in [2.05, 4.69) is 9.80 Å². The number of carbonyl (C=O) groups excluding carboxylic acids is 2. The molecular formula is C21H26N2O6S. The van der Waals surface area contributed by atoms with Crippen LogP contribution >= 0.6 is 11.8 Å². The highest BCUT2D eigenvalue weighted by Gasteiger charge is 2.63. The molecule has 5 rings (SSSR count). The zero-order valence-corrected chi connectivity index (χ0v) is 18.3. The molecule has 0 aromatic carbocycles. The second-order valence-corrected chi connectivity index (χ2v) is 10.5. The molecule has 1 aliphatic carbocycles. The maximum Gasteiger partial charge on any atom is 0.308 e. The lowest BCUT2D eigenvalue weighted by molar-refractivity contribution is -0.145. The number of carboxylic acids is 1. The second-order valence-electron chi connectivity index (χ2n) is 8.94. The minimum absolute atomic E-state index is 0.0293. The first kappa shape index (κ1) is 20.2. The SMILES string of the molecule is COC1=C(SC(C)C)C(=O)C2=C(C1=O)[C@@H]1COC3[C@@H]4C[C@@H](C(=O)O)[C@H]([C@H](C2)N31)N4C. The molecule has 8 nitrogen and oxygen atoms in total. The first-order valence-corrected chi connectivity index (χ1v) is 11.2. The van der Waals surface area contributed by atoms with Crippen LogP contribution in [0.2, 0.25) is 0 Å². The molecule has 2 bridgehead atoms. The molecule has 1 N–H and O–H groups in total. The van der Waals surface area contributed by atoms with Crippen molar-refractivity contribution in [1.29, 1.82) is 0 Å². The fourth-order valence-electron chi connectivity index (χ4n) is 6.10. The van der Waals surface area contributed by atoms with Crippen molar-refractivity contribution in [2.45, 2.75) is 62.3 Å². The first-order valence-electron chi connectivity index (χ1n) is 10.4. The number of carboxylic acid groups (broad SMARTS) is 1. The molecular weight excluding hydrogens is 408 g/mol. The van der Waals surface area contributed by atoms with Crippen molar-refractivity contribution in [3.05, 3.63) is 21.8 Å². The van der Waals surface area contributed by atoms with Crippen molar-refractivity contribution >= 4 is 29.3 Å². The first-order chi connectivity index (χ1) is 14.3. The van der Waals surface area contributed by atoms with Crippen molar-refractivity contribution in [3.63, 3.8) is 0 Å². The van der Waals surface area contributed by atoms with Crippen LogP contribution in [0.25, 0.3) is 0 Å². The standard InChI is InChI=1S/C21H26N2O6S/c1-8(2)30-19-16(24)9-5-11-15-10(21(26)27)6-12(22(15)3)20-23(11)13(7-29-20)14(9)17(25)18(19)28-4/h8,10-13,15,20H,5-7H2,1-4H3,(H,26,27)/t10-,11+,12+,13+,15-,20?/m1/s1. The van der Waals surface area contributed by atoms with Crippen LogP contribution in [0.1, 0.15) is 26.7 Å². The number of methoxy groups -OCH3 is 1. The number of hydrogen-bond donors (Lipinski definition) is 1. The van der Waals surface area contributed by atoms with E-state index >= 15 is 0 Å². The van der Waals surface area contributed by atoms with Crippen molar-refractivity contribution < 1.29 is 29.0 Å². The van der Waals surface area contributed by atoms with Gasteiger partial charge in [-0.25, -0.2) is 0 Å². The van der Waals surface area contributed by atoms with Gasteiger partial charge in [0.25, 0.3) is 0 Å². The quantitative estimate of drug-likeness (QED) is 0.651. The molecule has 0 amide bonds. The fraction of sp³-hybridized carbons (Fsp3) is 0.667. The van der Waals surface area contributed by atoms with E-state index < -0.39 is 11.9 Å². The molecule has 4 heterocycles. The molecule has 0 aromatic heterocycles. The summed E-state index contributed by atoms with van der Waals surface area (Å²) in [6.45, 7) is 4.27. The van der Waals surface area contributed by atoms with Gasteiger partial charge in [0.1, 0.15) is 11.1 Å². The lowest BCUT2D eigenvalue weighted by Gasteiger charge is -2.51. The van der Waals surface area contributed by atoms with Crippen molar-refractivity contribution in [1.82, 2.24) is 9.80 Å². The lowest BCUT2D eigenvalue weighted by atomic mass is 9.77. The van der Waals surface area contributed by atoms with Crippen LogP contribution in [-0.2, 0) is 23.9 Å². The average molecular weight is 435 g/mol. The molecule has 0 aromatic rings. The number of piperazine rings is 1. The number of Topliss-reactive ketones (excluding diaryl/α,β-unsaturated/α-hetero) is 2. The number of allylic oxidation sites excluding steroid dienone is 2. The van der Waals surface area contributed by atoms with Gasteiger partial charge in [0, 0.05) is 28.5 Å². The summed E-state index contributed by atoms with van der Waals surface area (Å²) in [5.74, 6) is -1.58. The summed E-state index contributed by atoms with van der Waals surface area (Å²) in [4.78, 5) is 43.6. The lowest BCUT2D eigenvalue weighted by Crippen LogP contribution is -2.66. The predicted octanol–water partition coefficient (Wildman–Crippen LogP) is 1.02. The highest BCUT2D eigenvalue weighted by Crippen LogP contribution is 2.51. The Kier molecular flexibility index (Phi) is 4.66. The Bertz CT molecular complexity index is 911. The summed E-state index contributed by atoms with van der Waals surface area (Å²) in [6.07, 6.45) is 0.619. The van der Waals surface area contributed by atoms with E-state index in [1.807, 2.05) is 20.9 Å². The second kappa shape index (κ2) is 6.91. The Morgan fingerprint density at radius 1 is 1.27 bits per heavy atom. The van der Waals surface area contributed by atoms with Crippen molar-refractivity contribution in [3.8, 4) is 0 Å². The van der Waals surface area contributed by atoms with Gasteiger partial charge in [-0.1, -0.05) is 13.8 Å². The molecule has 6 atom stereocenters. The molecule has 5 aliphatic rings. The normalized spacial score (nSPS) is 38.4. The summed E-state index contributed by atoms with van der Waals surface area (Å²) in [5, 5.41) is 9.95. The molecule has 1 unspecified atom stereocenters. The molecule has 3 saturated heterocycles. The van der Waals surface area contributed by atoms with Crippen LogP contribution in [0.15, 0.2) is 21.8 Å². The average Bonchev–Trinajstić information content (AvgIpc) is 3.22. The largest absolute Gasteiger partial charge is 0.491 e. The molecule has 0 spiro atoms. The zero-order chi connectivity index (χ0) is 21.5. The topological polar surface area (TPSA) is 96.4 Å². The van der Waals surface area contributed by atoms with E-state index in [-0.39, 0.29) is 53.0 Å². The Morgan fingerprint density at radius 2 is 2.00 bits per heavy atom. The Balaban J connectivity index is 1.60. The molecule has 0 radical (unpaired) electrons. The number of ketones is 2. The van der Waals surface area contributed by atoms with Crippen LogP contribution in [0.5, 0.6) is 0 Å². The molecule has 0 saturated carbocycles. The number of aliphatic carboxylic acids is 1. The molecule has 3 fully saturated rings. The number of fused-ring (bicyclic) bond motifs is 5. The maximum absolute atomic E-state index is 13.5. The Hall–Kier alpha value is -1.68. The number of nitrogens with zero attached hydrogens (tertiary/aromatic N) is 2. The summed E-state index contributed by atoms with van der Waals surface area (Å²) < 4.78 is 11.5. The highest BCUT2D eigenvalue weighted by atomic mass is 32.2. The zero-order valence-electron chi connectivity index (χ0n) is 17.5. The third kappa shape index (κ3) is 2.55. The smallest absolute Gasteiger partial charge is 0.308 e. The van der Waals surface area contributed by atoms with Gasteiger partial charge in [-0.2, -0.15) is 0 Å². The third-order valence-electron chi connectivity index (χ3n) is 7.17. The van der Waals surface area contributed by atoms with E-state index in [0.29, 0.717) is 35.5 Å². The molecule has 162 valence electrons. The number of hydrogen-bond acceptors (Lipinski definition) is 8. The summed E-state index contributed by atoms with van der Waals surface area (Å²) in [6, 6.07) is -0.739. The maximum atomic E-state index is 13.5. The van der Waals surface area contributed by atoms with Gasteiger partial charge < -0.3 is 14.6 Å². The summed E-state index contributed by atoms with van der Waals surface area (Å²) in [5.41, 5.74) is 1.00. The fourth-order valence-corrected chi connectivity index (χ4v) is 7.08. The van der Waals surface area contributed by atoms with Crippen LogP contribution < -0.4 is 0 Å². The van der Waals surface area contributed by atoms with Gasteiger partial charge in [-0.05, 0) is 19.9 Å². The van der Waals surface area contributed by atoms with Gasteiger partial charge in [0.2, 0.25) is 5.78 Å². The van der Waals surface area contributed by atoms with E-state index in [0.717, 1.165) is 0 Å². The van der Waals surface area contributed by atoms with Crippen LogP contribution in [0.3, 0.4) is 0 Å². The number of thioether (sulfide) groups is 1. The highest BCUT2D eigenvalue weighted by molar-refractivity contribution is 8.04. The van der Waals surface area contributed by atoms with Crippen molar-refractivity contribution in [2.75, 3.05) is 20.8 Å². The monoisotopic (exact) mass is 434 g/mol. The summed E-state index contributed by atoms with van der Waals surface area (Å²) in [7, 11) is 3.38.